The molecule has 2 aromatic carbocycles. The Kier molecular flexibility index (Phi) is 6.92. The Bertz CT molecular complexity index is 1170. The second-order valence-electron chi connectivity index (χ2n) is 7.28. The fourth-order valence-corrected chi connectivity index (χ4v) is 3.23. The summed E-state index contributed by atoms with van der Waals surface area (Å²) in [5, 5.41) is 2.91. The van der Waals surface area contributed by atoms with Gasteiger partial charge in [-0.1, -0.05) is 30.3 Å². The number of benzene rings is 2. The summed E-state index contributed by atoms with van der Waals surface area (Å²) in [5.41, 5.74) is 2.20. The molecule has 0 aliphatic rings. The van der Waals surface area contributed by atoms with Gasteiger partial charge in [-0.2, -0.15) is 0 Å². The van der Waals surface area contributed by atoms with Crippen molar-refractivity contribution in [3.8, 4) is 17.1 Å². The number of aromatic nitrogens is 1. The number of carbonyl (C=O) groups excluding carboxylic acids is 1. The van der Waals surface area contributed by atoms with Gasteiger partial charge in [0.25, 0.3) is 0 Å². The molecule has 1 N–H and O–H groups in total. The average molecular weight is 430 g/mol. The van der Waals surface area contributed by atoms with Gasteiger partial charge in [0.15, 0.2) is 0 Å². The monoisotopic (exact) mass is 430 g/mol. The van der Waals surface area contributed by atoms with Crippen LogP contribution >= 0.6 is 0 Å². The highest BCUT2D eigenvalue weighted by atomic mass is 19.1. The van der Waals surface area contributed by atoms with Gasteiger partial charge < -0.3 is 14.5 Å². The fraction of sp³-hybridized carbons (Fsp3) is 0.154. The van der Waals surface area contributed by atoms with Gasteiger partial charge in [-0.15, -0.1) is 0 Å². The van der Waals surface area contributed by atoms with Gasteiger partial charge in [0.2, 0.25) is 5.91 Å². The summed E-state index contributed by atoms with van der Waals surface area (Å²) in [6.45, 7) is 0.785. The minimum atomic E-state index is -0.336. The average Bonchev–Trinajstić information content (AvgIpc) is 3.30. The highest BCUT2D eigenvalue weighted by Crippen LogP contribution is 2.25. The zero-order valence-electron chi connectivity index (χ0n) is 17.5. The number of furan rings is 1. The van der Waals surface area contributed by atoms with E-state index in [1.807, 2.05) is 42.5 Å². The Morgan fingerprint density at radius 3 is 2.72 bits per heavy atom. The first kappa shape index (κ1) is 21.3. The van der Waals surface area contributed by atoms with E-state index in [9.17, 15) is 9.18 Å². The van der Waals surface area contributed by atoms with Crippen LogP contribution in [0.15, 0.2) is 89.5 Å². The van der Waals surface area contributed by atoms with E-state index in [4.69, 9.17) is 9.15 Å². The lowest BCUT2D eigenvalue weighted by Crippen LogP contribution is -2.22. The van der Waals surface area contributed by atoms with Crippen LogP contribution in [0.4, 0.5) is 4.39 Å². The molecule has 5 nitrogen and oxygen atoms in total. The van der Waals surface area contributed by atoms with Gasteiger partial charge in [-0.25, -0.2) is 4.39 Å². The summed E-state index contributed by atoms with van der Waals surface area (Å²) >= 11 is 0. The molecule has 0 saturated heterocycles. The van der Waals surface area contributed by atoms with E-state index in [1.54, 1.807) is 36.5 Å². The molecule has 0 unspecified atom stereocenters. The quantitative estimate of drug-likeness (QED) is 0.391. The van der Waals surface area contributed by atoms with Crippen LogP contribution in [0.2, 0.25) is 0 Å². The minimum absolute atomic E-state index is 0.0892. The summed E-state index contributed by atoms with van der Waals surface area (Å²) in [5.74, 6) is 1.40. The number of ether oxygens (including phenoxy) is 1. The van der Waals surface area contributed by atoms with E-state index >= 15 is 0 Å². The Hall–Kier alpha value is -3.93. The highest BCUT2D eigenvalue weighted by molar-refractivity contribution is 5.76. The van der Waals surface area contributed by atoms with Crippen LogP contribution in [0, 0.1) is 5.82 Å². The third kappa shape index (κ3) is 5.82. The zero-order valence-corrected chi connectivity index (χ0v) is 17.5. The molecule has 0 aliphatic heterocycles. The van der Waals surface area contributed by atoms with Gasteiger partial charge in [0, 0.05) is 25.6 Å². The molecule has 0 saturated carbocycles. The van der Waals surface area contributed by atoms with Crippen molar-refractivity contribution < 1.29 is 18.3 Å². The van der Waals surface area contributed by atoms with E-state index in [2.05, 4.69) is 10.3 Å². The smallest absolute Gasteiger partial charge is 0.220 e. The lowest BCUT2D eigenvalue weighted by Gasteiger charge is -2.09. The topological polar surface area (TPSA) is 64.4 Å². The number of aryl methyl sites for hydroxylation is 1. The van der Waals surface area contributed by atoms with Crippen LogP contribution in [0.1, 0.15) is 23.4 Å². The fourth-order valence-electron chi connectivity index (χ4n) is 3.23. The molecule has 2 heterocycles. The van der Waals surface area contributed by atoms with E-state index < -0.39 is 0 Å². The number of nitrogens with one attached hydrogen (secondary N) is 1. The normalized spacial score (nSPS) is 10.7. The van der Waals surface area contributed by atoms with Crippen molar-refractivity contribution in [3.63, 3.8) is 0 Å². The zero-order chi connectivity index (χ0) is 22.2. The van der Waals surface area contributed by atoms with Crippen molar-refractivity contribution >= 4 is 5.91 Å². The van der Waals surface area contributed by atoms with Crippen LogP contribution in [0.3, 0.4) is 0 Å². The molecular formula is C26H23FN2O3. The second kappa shape index (κ2) is 10.4. The number of hydrogen-bond donors (Lipinski definition) is 1. The van der Waals surface area contributed by atoms with E-state index in [0.717, 1.165) is 17.0 Å². The van der Waals surface area contributed by atoms with E-state index in [1.165, 1.54) is 6.07 Å². The summed E-state index contributed by atoms with van der Waals surface area (Å²) in [6, 6.07) is 23.2. The number of nitrogens with zero attached hydrogens (tertiary/aromatic N) is 1. The molecular weight excluding hydrogens is 407 g/mol. The number of halogens is 1. The van der Waals surface area contributed by atoms with Crippen LogP contribution in [0.25, 0.3) is 11.3 Å². The summed E-state index contributed by atoms with van der Waals surface area (Å²) in [4.78, 5) is 16.5. The molecule has 6 heteroatoms. The van der Waals surface area contributed by atoms with Crippen molar-refractivity contribution in [2.75, 3.05) is 0 Å². The van der Waals surface area contributed by atoms with Crippen molar-refractivity contribution in [1.82, 2.24) is 10.3 Å². The summed E-state index contributed by atoms with van der Waals surface area (Å²) in [7, 11) is 0. The minimum Gasteiger partial charge on any atom is -0.487 e. The summed E-state index contributed by atoms with van der Waals surface area (Å²) < 4.78 is 25.4. The Morgan fingerprint density at radius 2 is 1.88 bits per heavy atom. The molecule has 0 bridgehead atoms. The maximum atomic E-state index is 13.9. The standard InChI is InChI=1S/C26H23FN2O3/c27-24-10-2-1-9-23(24)25-13-11-21(32-25)12-14-26(30)29-17-19-6-5-8-22(16-19)31-18-20-7-3-4-15-28-20/h1-11,13,15-16H,12,14,17-18H2,(H,29,30). The first-order valence-corrected chi connectivity index (χ1v) is 10.4. The van der Waals surface area contributed by atoms with Crippen LogP contribution in [-0.2, 0) is 24.4 Å². The molecule has 0 atom stereocenters. The molecule has 1 amide bonds. The Morgan fingerprint density at radius 1 is 1.00 bits per heavy atom. The maximum absolute atomic E-state index is 13.9. The Labute approximate surface area is 185 Å². The Balaban J connectivity index is 1.24. The second-order valence-corrected chi connectivity index (χ2v) is 7.28. The number of hydrogen-bond acceptors (Lipinski definition) is 4. The van der Waals surface area contributed by atoms with Crippen LogP contribution < -0.4 is 10.1 Å². The predicted molar refractivity (Wildman–Crippen MR) is 119 cm³/mol. The largest absolute Gasteiger partial charge is 0.487 e. The molecule has 162 valence electrons. The third-order valence-electron chi connectivity index (χ3n) is 4.90. The molecule has 0 spiro atoms. The SMILES string of the molecule is O=C(CCc1ccc(-c2ccccc2F)o1)NCc1cccc(OCc2ccccn2)c1. The van der Waals surface area contributed by atoms with Gasteiger partial charge in [0.1, 0.15) is 29.7 Å². The molecule has 4 rings (SSSR count). The first-order valence-electron chi connectivity index (χ1n) is 10.4. The van der Waals surface area contributed by atoms with Gasteiger partial charge in [-0.05, 0) is 54.1 Å². The van der Waals surface area contributed by atoms with Crippen molar-refractivity contribution in [2.45, 2.75) is 26.0 Å². The van der Waals surface area contributed by atoms with Crippen molar-refractivity contribution in [1.29, 1.82) is 0 Å². The van der Waals surface area contributed by atoms with Gasteiger partial charge in [-0.3, -0.25) is 9.78 Å². The number of amides is 1. The maximum Gasteiger partial charge on any atom is 0.220 e. The third-order valence-corrected chi connectivity index (χ3v) is 4.90. The molecule has 2 aromatic heterocycles. The van der Waals surface area contributed by atoms with Gasteiger partial charge >= 0.3 is 0 Å². The van der Waals surface area contributed by atoms with E-state index in [-0.39, 0.29) is 18.1 Å². The molecule has 32 heavy (non-hydrogen) atoms. The number of rotatable bonds is 9. The lowest BCUT2D eigenvalue weighted by atomic mass is 10.1. The first-order chi connectivity index (χ1) is 15.7. The van der Waals surface area contributed by atoms with Crippen molar-refractivity contribution in [2.24, 2.45) is 0 Å². The number of pyridine rings is 1. The van der Waals surface area contributed by atoms with Crippen LogP contribution in [0.5, 0.6) is 5.75 Å². The van der Waals surface area contributed by atoms with E-state index in [0.29, 0.717) is 36.7 Å². The molecule has 0 aliphatic carbocycles. The molecule has 0 radical (unpaired) electrons. The van der Waals surface area contributed by atoms with Crippen LogP contribution in [-0.4, -0.2) is 10.9 Å². The predicted octanol–water partition coefficient (Wildman–Crippen LogP) is 5.31. The molecule has 0 fully saturated rings. The molecule has 4 aromatic rings. The highest BCUT2D eigenvalue weighted by Gasteiger charge is 2.10. The van der Waals surface area contributed by atoms with Crippen molar-refractivity contribution in [3.05, 3.63) is 108 Å². The van der Waals surface area contributed by atoms with Gasteiger partial charge in [0.05, 0.1) is 11.3 Å². The number of carbonyl (C=O) groups is 1. The summed E-state index contributed by atoms with van der Waals surface area (Å²) in [6.07, 6.45) is 2.45. The lowest BCUT2D eigenvalue weighted by molar-refractivity contribution is -0.121.